The first-order chi connectivity index (χ1) is 8.63. The summed E-state index contributed by atoms with van der Waals surface area (Å²) in [6, 6.07) is 12.0. The Hall–Kier alpha value is -1.32. The average Bonchev–Trinajstić information content (AvgIpc) is 2.73. The van der Waals surface area contributed by atoms with Crippen LogP contribution in [0.3, 0.4) is 0 Å². The number of aromatic amines is 1. The van der Waals surface area contributed by atoms with Crippen LogP contribution in [0.2, 0.25) is 5.02 Å². The maximum atomic E-state index is 6.20. The minimum absolute atomic E-state index is 0.683. The zero-order valence-corrected chi connectivity index (χ0v) is 12.0. The third kappa shape index (κ3) is 2.04. The van der Waals surface area contributed by atoms with E-state index in [4.69, 9.17) is 11.6 Å². The summed E-state index contributed by atoms with van der Waals surface area (Å²) in [5, 5.41) is 0.683. The number of aromatic nitrogens is 2. The second-order valence-corrected chi connectivity index (χ2v) is 5.56. The average molecular weight is 322 g/mol. The number of hydrogen-bond donors (Lipinski definition) is 1. The second kappa shape index (κ2) is 4.41. The van der Waals surface area contributed by atoms with E-state index in [0.29, 0.717) is 5.02 Å². The molecule has 0 bridgehead atoms. The standard InChI is InChI=1S/C14H10BrClN2/c1-8-5-11(16)13-12(6-8)17-14(18-13)9-3-2-4-10(15)7-9/h2-7H,1H3,(H,17,18). The number of hydrogen-bond acceptors (Lipinski definition) is 1. The third-order valence-corrected chi connectivity index (χ3v) is 3.56. The molecule has 2 aromatic carbocycles. The lowest BCUT2D eigenvalue weighted by Crippen LogP contribution is -1.79. The van der Waals surface area contributed by atoms with E-state index in [9.17, 15) is 0 Å². The van der Waals surface area contributed by atoms with Gasteiger partial charge in [-0.05, 0) is 36.8 Å². The van der Waals surface area contributed by atoms with Gasteiger partial charge in [0.1, 0.15) is 11.3 Å². The Morgan fingerprint density at radius 2 is 2.06 bits per heavy atom. The largest absolute Gasteiger partial charge is 0.338 e. The first-order valence-electron chi connectivity index (χ1n) is 5.55. The number of nitrogens with zero attached hydrogens (tertiary/aromatic N) is 1. The van der Waals surface area contributed by atoms with Gasteiger partial charge in [-0.3, -0.25) is 0 Å². The van der Waals surface area contributed by atoms with Crippen LogP contribution in [0.15, 0.2) is 40.9 Å². The van der Waals surface area contributed by atoms with Gasteiger partial charge in [-0.15, -0.1) is 0 Å². The van der Waals surface area contributed by atoms with Gasteiger partial charge in [0.2, 0.25) is 0 Å². The molecule has 0 fully saturated rings. The second-order valence-electron chi connectivity index (χ2n) is 4.24. The molecule has 90 valence electrons. The molecule has 0 unspecified atom stereocenters. The maximum Gasteiger partial charge on any atom is 0.138 e. The molecule has 3 rings (SSSR count). The number of rotatable bonds is 1. The molecule has 0 aliphatic carbocycles. The van der Waals surface area contributed by atoms with Crippen molar-refractivity contribution in [3.8, 4) is 11.4 Å². The van der Waals surface area contributed by atoms with E-state index in [1.165, 1.54) is 0 Å². The van der Waals surface area contributed by atoms with Gasteiger partial charge in [-0.2, -0.15) is 0 Å². The van der Waals surface area contributed by atoms with Crippen LogP contribution in [-0.4, -0.2) is 9.97 Å². The van der Waals surface area contributed by atoms with Crippen LogP contribution >= 0.6 is 27.5 Å². The molecule has 0 atom stereocenters. The molecule has 1 aromatic heterocycles. The monoisotopic (exact) mass is 320 g/mol. The number of nitrogens with one attached hydrogen (secondary N) is 1. The van der Waals surface area contributed by atoms with Crippen LogP contribution in [0.5, 0.6) is 0 Å². The zero-order valence-electron chi connectivity index (χ0n) is 9.67. The van der Waals surface area contributed by atoms with Crippen molar-refractivity contribution in [1.29, 1.82) is 0 Å². The van der Waals surface area contributed by atoms with Crippen molar-refractivity contribution < 1.29 is 0 Å². The van der Waals surface area contributed by atoms with Crippen LogP contribution in [0.4, 0.5) is 0 Å². The van der Waals surface area contributed by atoms with Crippen LogP contribution in [0.1, 0.15) is 5.56 Å². The van der Waals surface area contributed by atoms with Crippen LogP contribution < -0.4 is 0 Å². The smallest absolute Gasteiger partial charge is 0.138 e. The summed E-state index contributed by atoms with van der Waals surface area (Å²) in [5.74, 6) is 0.832. The Balaban J connectivity index is 2.22. The summed E-state index contributed by atoms with van der Waals surface area (Å²) >= 11 is 9.66. The third-order valence-electron chi connectivity index (χ3n) is 2.78. The van der Waals surface area contributed by atoms with E-state index < -0.39 is 0 Å². The number of benzene rings is 2. The molecule has 18 heavy (non-hydrogen) atoms. The summed E-state index contributed by atoms with van der Waals surface area (Å²) in [4.78, 5) is 7.86. The van der Waals surface area contributed by atoms with E-state index >= 15 is 0 Å². The highest BCUT2D eigenvalue weighted by Gasteiger charge is 2.08. The lowest BCUT2D eigenvalue weighted by Gasteiger charge is -1.96. The summed E-state index contributed by atoms with van der Waals surface area (Å²) in [7, 11) is 0. The summed E-state index contributed by atoms with van der Waals surface area (Å²) in [5.41, 5.74) is 3.94. The highest BCUT2D eigenvalue weighted by molar-refractivity contribution is 9.10. The van der Waals surface area contributed by atoms with Crippen molar-refractivity contribution in [2.24, 2.45) is 0 Å². The van der Waals surface area contributed by atoms with E-state index in [-0.39, 0.29) is 0 Å². The highest BCUT2D eigenvalue weighted by atomic mass is 79.9. The van der Waals surface area contributed by atoms with Crippen LogP contribution in [0.25, 0.3) is 22.4 Å². The van der Waals surface area contributed by atoms with Gasteiger partial charge in [0.05, 0.1) is 10.5 Å². The van der Waals surface area contributed by atoms with Gasteiger partial charge in [0.25, 0.3) is 0 Å². The van der Waals surface area contributed by atoms with Crippen molar-refractivity contribution in [3.63, 3.8) is 0 Å². The quantitative estimate of drug-likeness (QED) is 0.674. The summed E-state index contributed by atoms with van der Waals surface area (Å²) < 4.78 is 1.03. The number of imidazole rings is 1. The Morgan fingerprint density at radius 1 is 1.22 bits per heavy atom. The number of aryl methyl sites for hydroxylation is 1. The first-order valence-corrected chi connectivity index (χ1v) is 6.72. The van der Waals surface area contributed by atoms with Crippen LogP contribution in [-0.2, 0) is 0 Å². The predicted octanol–water partition coefficient (Wildman–Crippen LogP) is 4.95. The molecule has 4 heteroatoms. The van der Waals surface area contributed by atoms with Crippen LogP contribution in [0, 0.1) is 6.92 Å². The van der Waals surface area contributed by atoms with E-state index in [2.05, 4.69) is 32.0 Å². The molecule has 0 radical (unpaired) electrons. The minimum atomic E-state index is 0.683. The Kier molecular flexibility index (Phi) is 2.88. The van der Waals surface area contributed by atoms with Crippen molar-refractivity contribution in [1.82, 2.24) is 9.97 Å². The molecule has 0 amide bonds. The highest BCUT2D eigenvalue weighted by Crippen LogP contribution is 2.28. The number of halogens is 2. The van der Waals surface area contributed by atoms with Gasteiger partial charge >= 0.3 is 0 Å². The van der Waals surface area contributed by atoms with E-state index in [1.807, 2.05) is 37.3 Å². The van der Waals surface area contributed by atoms with Crippen molar-refractivity contribution in [2.45, 2.75) is 6.92 Å². The fourth-order valence-corrected chi connectivity index (χ4v) is 2.70. The fraction of sp³-hybridized carbons (Fsp3) is 0.0714. The summed E-state index contributed by atoms with van der Waals surface area (Å²) in [6.07, 6.45) is 0. The normalized spacial score (nSPS) is 11.1. The van der Waals surface area contributed by atoms with Gasteiger partial charge in [-0.25, -0.2) is 4.98 Å². The molecule has 0 aliphatic heterocycles. The summed E-state index contributed by atoms with van der Waals surface area (Å²) in [6.45, 7) is 2.02. The molecule has 2 nitrogen and oxygen atoms in total. The molecule has 1 N–H and O–H groups in total. The van der Waals surface area contributed by atoms with Gasteiger partial charge < -0.3 is 4.98 Å². The molecular weight excluding hydrogens is 312 g/mol. The van der Waals surface area contributed by atoms with E-state index in [0.717, 1.165) is 32.5 Å². The molecule has 0 aliphatic rings. The molecule has 3 aromatic rings. The minimum Gasteiger partial charge on any atom is -0.338 e. The molecule has 1 heterocycles. The van der Waals surface area contributed by atoms with Crippen molar-refractivity contribution in [3.05, 3.63) is 51.5 Å². The van der Waals surface area contributed by atoms with Crippen molar-refractivity contribution >= 4 is 38.6 Å². The van der Waals surface area contributed by atoms with Gasteiger partial charge in [-0.1, -0.05) is 39.7 Å². The SMILES string of the molecule is Cc1cc(Cl)c2nc(-c3cccc(Br)c3)[nH]c2c1. The Morgan fingerprint density at radius 3 is 2.83 bits per heavy atom. The van der Waals surface area contributed by atoms with E-state index in [1.54, 1.807) is 0 Å². The molecular formula is C14H10BrClN2. The first kappa shape index (κ1) is 11.8. The number of fused-ring (bicyclic) bond motifs is 1. The molecule has 0 spiro atoms. The molecule has 0 saturated heterocycles. The lowest BCUT2D eigenvalue weighted by molar-refractivity contribution is 1.33. The number of H-pyrrole nitrogens is 1. The zero-order chi connectivity index (χ0) is 12.7. The molecule has 0 saturated carbocycles. The van der Waals surface area contributed by atoms with Gasteiger partial charge in [0.15, 0.2) is 0 Å². The lowest BCUT2D eigenvalue weighted by atomic mass is 10.2. The topological polar surface area (TPSA) is 28.7 Å². The van der Waals surface area contributed by atoms with Gasteiger partial charge in [0, 0.05) is 10.0 Å². The predicted molar refractivity (Wildman–Crippen MR) is 79.0 cm³/mol. The fourth-order valence-electron chi connectivity index (χ4n) is 1.98. The van der Waals surface area contributed by atoms with Crippen molar-refractivity contribution in [2.75, 3.05) is 0 Å². The Labute approximate surface area is 118 Å². The maximum absolute atomic E-state index is 6.20. The Bertz CT molecular complexity index is 734.